The number of ketones is 1. The molecule has 1 aliphatic heterocycles. The van der Waals surface area contributed by atoms with Gasteiger partial charge < -0.3 is 14.8 Å². The molecule has 0 spiro atoms. The number of hydrogen-bond donors (Lipinski definition) is 1. The van der Waals surface area contributed by atoms with Gasteiger partial charge >= 0.3 is 6.18 Å². The maximum atomic E-state index is 13.0. The number of fused-ring (bicyclic) bond motifs is 1. The van der Waals surface area contributed by atoms with Gasteiger partial charge in [0, 0.05) is 49.5 Å². The lowest BCUT2D eigenvalue weighted by Gasteiger charge is -2.36. The largest absolute Gasteiger partial charge is 0.416 e. The average molecular weight is 447 g/mol. The molecular weight excluding hydrogens is 423 g/mol. The Morgan fingerprint density at radius 1 is 1.03 bits per heavy atom. The van der Waals surface area contributed by atoms with Crippen molar-refractivity contribution in [2.45, 2.75) is 32.9 Å². The lowest BCUT2D eigenvalue weighted by Crippen LogP contribution is -2.49. The van der Waals surface area contributed by atoms with E-state index in [1.165, 1.54) is 17.0 Å². The summed E-state index contributed by atoms with van der Waals surface area (Å²) in [5, 5.41) is 0. The van der Waals surface area contributed by atoms with E-state index in [4.69, 9.17) is 0 Å². The van der Waals surface area contributed by atoms with Crippen molar-refractivity contribution < 1.29 is 22.8 Å². The van der Waals surface area contributed by atoms with Gasteiger partial charge in [-0.3, -0.25) is 14.4 Å². The van der Waals surface area contributed by atoms with E-state index >= 15 is 0 Å². The predicted molar refractivity (Wildman–Crippen MR) is 113 cm³/mol. The van der Waals surface area contributed by atoms with Gasteiger partial charge in [-0.25, -0.2) is 0 Å². The fourth-order valence-electron chi connectivity index (χ4n) is 4.40. The molecule has 1 saturated heterocycles. The number of aromatic amines is 1. The molecular formula is C23H24F3N3O3. The Balaban J connectivity index is 1.49. The van der Waals surface area contributed by atoms with Crippen LogP contribution in [0.5, 0.6) is 0 Å². The normalized spacial score (nSPS) is 18.5. The number of anilines is 1. The molecule has 0 unspecified atom stereocenters. The SMILES string of the molecule is CC1(C)CC(=O)c2cc(C(=O)N3CCN(c4cccc(C(F)(F)F)c4)CC3)c(=O)[nH]c2C1. The van der Waals surface area contributed by atoms with Crippen LogP contribution in [0.3, 0.4) is 0 Å². The van der Waals surface area contributed by atoms with E-state index in [1.807, 2.05) is 13.8 Å². The van der Waals surface area contributed by atoms with Crippen LogP contribution in [0.15, 0.2) is 35.1 Å². The predicted octanol–water partition coefficient (Wildman–Crippen LogP) is 3.51. The van der Waals surface area contributed by atoms with Gasteiger partial charge in [-0.15, -0.1) is 0 Å². The number of piperazine rings is 1. The minimum atomic E-state index is -4.42. The summed E-state index contributed by atoms with van der Waals surface area (Å²) in [4.78, 5) is 44.1. The fourth-order valence-corrected chi connectivity index (χ4v) is 4.40. The van der Waals surface area contributed by atoms with Gasteiger partial charge in [-0.1, -0.05) is 19.9 Å². The summed E-state index contributed by atoms with van der Waals surface area (Å²) in [5.41, 5.74) is -0.201. The monoisotopic (exact) mass is 447 g/mol. The number of alkyl halides is 3. The first-order valence-corrected chi connectivity index (χ1v) is 10.5. The number of carbonyl (C=O) groups is 2. The van der Waals surface area contributed by atoms with Crippen molar-refractivity contribution in [2.75, 3.05) is 31.1 Å². The van der Waals surface area contributed by atoms with Crippen LogP contribution >= 0.6 is 0 Å². The highest BCUT2D eigenvalue weighted by Gasteiger charge is 2.34. The van der Waals surface area contributed by atoms with E-state index in [9.17, 15) is 27.6 Å². The Labute approximate surface area is 183 Å². The van der Waals surface area contributed by atoms with E-state index in [0.717, 1.165) is 12.1 Å². The summed E-state index contributed by atoms with van der Waals surface area (Å²) in [6.07, 6.45) is -3.53. The molecule has 2 heterocycles. The molecule has 2 aliphatic rings. The Hall–Kier alpha value is -3.10. The first kappa shape index (κ1) is 22.1. The molecule has 0 atom stereocenters. The van der Waals surface area contributed by atoms with Crippen LogP contribution in [0.4, 0.5) is 18.9 Å². The van der Waals surface area contributed by atoms with Crippen molar-refractivity contribution in [3.05, 3.63) is 63.1 Å². The molecule has 1 aromatic heterocycles. The van der Waals surface area contributed by atoms with Gasteiger partial charge in [-0.2, -0.15) is 13.2 Å². The minimum absolute atomic E-state index is 0.0793. The fraction of sp³-hybridized carbons (Fsp3) is 0.435. The average Bonchev–Trinajstić information content (AvgIpc) is 2.71. The lowest BCUT2D eigenvalue weighted by molar-refractivity contribution is -0.137. The first-order chi connectivity index (χ1) is 14.9. The number of nitrogens with one attached hydrogen (secondary N) is 1. The second-order valence-electron chi connectivity index (χ2n) is 9.17. The number of rotatable bonds is 2. The number of aromatic nitrogens is 1. The third-order valence-corrected chi connectivity index (χ3v) is 6.05. The van der Waals surface area contributed by atoms with Crippen molar-refractivity contribution in [2.24, 2.45) is 5.41 Å². The highest BCUT2D eigenvalue weighted by Crippen LogP contribution is 2.34. The van der Waals surface area contributed by atoms with E-state index in [1.54, 1.807) is 11.0 Å². The van der Waals surface area contributed by atoms with Crippen LogP contribution in [-0.2, 0) is 12.6 Å². The Morgan fingerprint density at radius 2 is 1.72 bits per heavy atom. The van der Waals surface area contributed by atoms with Crippen LogP contribution < -0.4 is 10.5 Å². The summed E-state index contributed by atoms with van der Waals surface area (Å²) < 4.78 is 39.0. The first-order valence-electron chi connectivity index (χ1n) is 10.5. The number of nitrogens with zero attached hydrogens (tertiary/aromatic N) is 2. The van der Waals surface area contributed by atoms with E-state index in [0.29, 0.717) is 42.9 Å². The van der Waals surface area contributed by atoms with Crippen LogP contribution in [0, 0.1) is 5.41 Å². The number of amides is 1. The Kier molecular flexibility index (Phi) is 5.38. The molecule has 0 bridgehead atoms. The zero-order valence-corrected chi connectivity index (χ0v) is 17.9. The van der Waals surface area contributed by atoms with Gasteiger partial charge in [0.1, 0.15) is 5.56 Å². The maximum Gasteiger partial charge on any atom is 0.416 e. The number of pyridine rings is 1. The van der Waals surface area contributed by atoms with Gasteiger partial charge in [0.05, 0.1) is 5.56 Å². The second-order valence-corrected chi connectivity index (χ2v) is 9.17. The molecule has 6 nitrogen and oxygen atoms in total. The second kappa shape index (κ2) is 7.79. The van der Waals surface area contributed by atoms with Crippen molar-refractivity contribution in [3.63, 3.8) is 0 Å². The van der Waals surface area contributed by atoms with Crippen molar-refractivity contribution in [1.29, 1.82) is 0 Å². The molecule has 9 heteroatoms. The minimum Gasteiger partial charge on any atom is -0.368 e. The summed E-state index contributed by atoms with van der Waals surface area (Å²) >= 11 is 0. The molecule has 1 N–H and O–H groups in total. The number of benzene rings is 1. The van der Waals surface area contributed by atoms with E-state index in [-0.39, 0.29) is 29.9 Å². The Morgan fingerprint density at radius 3 is 2.38 bits per heavy atom. The number of carbonyl (C=O) groups excluding carboxylic acids is 2. The summed E-state index contributed by atoms with van der Waals surface area (Å²) in [6.45, 7) is 5.09. The highest BCUT2D eigenvalue weighted by atomic mass is 19.4. The molecule has 32 heavy (non-hydrogen) atoms. The van der Waals surface area contributed by atoms with Crippen molar-refractivity contribution in [3.8, 4) is 0 Å². The summed E-state index contributed by atoms with van der Waals surface area (Å²) in [5.74, 6) is -0.578. The number of H-pyrrole nitrogens is 1. The highest BCUT2D eigenvalue weighted by molar-refractivity contribution is 6.02. The molecule has 2 aromatic rings. The number of Topliss-reactive ketones (excluding diaryl/α,β-unsaturated/α-hetero) is 1. The third kappa shape index (κ3) is 4.28. The van der Waals surface area contributed by atoms with Crippen molar-refractivity contribution in [1.82, 2.24) is 9.88 Å². The van der Waals surface area contributed by atoms with E-state index in [2.05, 4.69) is 4.98 Å². The molecule has 4 rings (SSSR count). The van der Waals surface area contributed by atoms with Crippen LogP contribution in [-0.4, -0.2) is 47.8 Å². The number of halogens is 3. The smallest absolute Gasteiger partial charge is 0.368 e. The molecule has 1 aromatic carbocycles. The van der Waals surface area contributed by atoms with Crippen LogP contribution in [0.2, 0.25) is 0 Å². The van der Waals surface area contributed by atoms with Gasteiger partial charge in [-0.05, 0) is 36.1 Å². The van der Waals surface area contributed by atoms with Crippen molar-refractivity contribution >= 4 is 17.4 Å². The molecule has 1 aliphatic carbocycles. The molecule has 0 saturated carbocycles. The van der Waals surface area contributed by atoms with Gasteiger partial charge in [0.15, 0.2) is 5.78 Å². The van der Waals surface area contributed by atoms with E-state index < -0.39 is 23.2 Å². The maximum absolute atomic E-state index is 13.0. The summed E-state index contributed by atoms with van der Waals surface area (Å²) in [7, 11) is 0. The Bertz CT molecular complexity index is 1130. The van der Waals surface area contributed by atoms with Crippen LogP contribution in [0.1, 0.15) is 52.2 Å². The lowest BCUT2D eigenvalue weighted by atomic mass is 9.75. The van der Waals surface area contributed by atoms with Crippen LogP contribution in [0.25, 0.3) is 0 Å². The molecule has 1 fully saturated rings. The number of hydrogen-bond acceptors (Lipinski definition) is 4. The summed E-state index contributed by atoms with van der Waals surface area (Å²) in [6, 6.07) is 6.48. The standard InChI is InChI=1S/C23H24F3N3O3/c1-22(2)12-18-16(19(30)13-22)11-17(20(31)27-18)21(32)29-8-6-28(7-9-29)15-5-3-4-14(10-15)23(24,25)26/h3-5,10-11H,6-9,12-13H2,1-2H3,(H,27,31). The van der Waals surface area contributed by atoms with Gasteiger partial charge in [0.2, 0.25) is 0 Å². The molecule has 170 valence electrons. The zero-order valence-electron chi connectivity index (χ0n) is 17.9. The quantitative estimate of drug-likeness (QED) is 0.765. The van der Waals surface area contributed by atoms with Gasteiger partial charge in [0.25, 0.3) is 11.5 Å². The molecule has 0 radical (unpaired) electrons. The zero-order chi connectivity index (χ0) is 23.3. The topological polar surface area (TPSA) is 73.5 Å². The molecule has 1 amide bonds. The third-order valence-electron chi connectivity index (χ3n) is 6.05.